The number of aromatic nitrogens is 6. The van der Waals surface area contributed by atoms with Crippen LogP contribution in [0.25, 0.3) is 11.2 Å². The van der Waals surface area contributed by atoms with Gasteiger partial charge in [-0.15, -0.1) is 0 Å². The second kappa shape index (κ2) is 8.85. The fraction of sp³-hybridized carbons (Fsp3) is 0.471. The standard InChI is InChI=1S/C17H23N7O6S/c1-4-5-6-24-15-14(16(26)21-17(24)27)23(3)12(20-15)10-30-13(25)8-19-31(28,29)11-7-18-22(2)9-11/h7,9,19H,4-6,8,10H2,1-3H3,(H,21,26,27). The van der Waals surface area contributed by atoms with E-state index in [1.54, 1.807) is 14.1 Å². The van der Waals surface area contributed by atoms with Crippen molar-refractivity contribution in [1.82, 2.24) is 33.6 Å². The lowest BCUT2D eigenvalue weighted by Gasteiger charge is -2.06. The fourth-order valence-electron chi connectivity index (χ4n) is 2.91. The molecular weight excluding hydrogens is 430 g/mol. The molecule has 3 aromatic heterocycles. The minimum atomic E-state index is -3.91. The smallest absolute Gasteiger partial charge is 0.330 e. The van der Waals surface area contributed by atoms with E-state index in [0.717, 1.165) is 19.0 Å². The SMILES string of the molecule is CCCCn1c(=O)[nH]c(=O)c2c1nc(COC(=O)CNS(=O)(=O)c1cnn(C)c1)n2C. The summed E-state index contributed by atoms with van der Waals surface area (Å²) < 4.78 is 35.6. The Labute approximate surface area is 176 Å². The molecule has 14 heteroatoms. The summed E-state index contributed by atoms with van der Waals surface area (Å²) in [6.45, 7) is 1.46. The van der Waals surface area contributed by atoms with E-state index in [2.05, 4.69) is 19.8 Å². The van der Waals surface area contributed by atoms with Crippen LogP contribution in [0.1, 0.15) is 25.6 Å². The van der Waals surface area contributed by atoms with Gasteiger partial charge in [0.2, 0.25) is 10.0 Å². The molecule has 168 valence electrons. The number of aromatic amines is 1. The van der Waals surface area contributed by atoms with Gasteiger partial charge in [0.05, 0.1) is 6.20 Å². The van der Waals surface area contributed by atoms with Crippen molar-refractivity contribution >= 4 is 27.2 Å². The summed E-state index contributed by atoms with van der Waals surface area (Å²) in [5.74, 6) is -0.600. The number of H-pyrrole nitrogens is 1. The number of carbonyl (C=O) groups is 1. The molecule has 0 spiro atoms. The number of unbranched alkanes of at least 4 members (excludes halogenated alkanes) is 1. The van der Waals surface area contributed by atoms with Crippen LogP contribution < -0.4 is 16.0 Å². The van der Waals surface area contributed by atoms with Gasteiger partial charge in [0.25, 0.3) is 5.56 Å². The molecule has 0 aliphatic carbocycles. The number of carbonyl (C=O) groups excluding carboxylic acids is 1. The third kappa shape index (κ3) is 4.74. The molecule has 0 fully saturated rings. The van der Waals surface area contributed by atoms with Crippen LogP contribution in [-0.4, -0.2) is 49.8 Å². The van der Waals surface area contributed by atoms with Gasteiger partial charge in [-0.3, -0.25) is 23.8 Å². The Bertz CT molecular complexity index is 1330. The number of nitrogens with one attached hydrogen (secondary N) is 2. The van der Waals surface area contributed by atoms with E-state index < -0.39 is 33.8 Å². The van der Waals surface area contributed by atoms with E-state index >= 15 is 0 Å². The maximum absolute atomic E-state index is 12.2. The monoisotopic (exact) mass is 453 g/mol. The van der Waals surface area contributed by atoms with E-state index in [1.165, 1.54) is 20.0 Å². The van der Waals surface area contributed by atoms with Gasteiger partial charge in [-0.2, -0.15) is 9.82 Å². The van der Waals surface area contributed by atoms with Crippen LogP contribution in [0.3, 0.4) is 0 Å². The number of hydrogen-bond acceptors (Lipinski definition) is 8. The Morgan fingerprint density at radius 1 is 1.29 bits per heavy atom. The maximum Gasteiger partial charge on any atom is 0.330 e. The zero-order valence-electron chi connectivity index (χ0n) is 17.3. The molecule has 3 aromatic rings. The van der Waals surface area contributed by atoms with Crippen molar-refractivity contribution in [3.8, 4) is 0 Å². The van der Waals surface area contributed by atoms with Crippen molar-refractivity contribution in [1.29, 1.82) is 0 Å². The molecule has 31 heavy (non-hydrogen) atoms. The van der Waals surface area contributed by atoms with E-state index in [1.807, 2.05) is 6.92 Å². The summed E-state index contributed by atoms with van der Waals surface area (Å²) in [5, 5.41) is 3.77. The summed E-state index contributed by atoms with van der Waals surface area (Å²) in [7, 11) is -0.780. The van der Waals surface area contributed by atoms with Gasteiger partial charge >= 0.3 is 11.7 Å². The van der Waals surface area contributed by atoms with Crippen molar-refractivity contribution in [2.24, 2.45) is 14.1 Å². The minimum absolute atomic E-state index is 0.0811. The lowest BCUT2D eigenvalue weighted by Crippen LogP contribution is -2.31. The molecule has 0 saturated heterocycles. The summed E-state index contributed by atoms with van der Waals surface area (Å²) in [6.07, 6.45) is 4.02. The molecule has 0 amide bonds. The lowest BCUT2D eigenvalue weighted by molar-refractivity contribution is -0.143. The first-order chi connectivity index (χ1) is 14.6. The average molecular weight is 453 g/mol. The van der Waals surface area contributed by atoms with Crippen molar-refractivity contribution in [2.75, 3.05) is 6.54 Å². The van der Waals surface area contributed by atoms with Gasteiger partial charge in [-0.25, -0.2) is 18.2 Å². The first kappa shape index (κ1) is 22.4. The van der Waals surface area contributed by atoms with E-state index in [9.17, 15) is 22.8 Å². The van der Waals surface area contributed by atoms with Gasteiger partial charge in [0.1, 0.15) is 23.9 Å². The highest BCUT2D eigenvalue weighted by Crippen LogP contribution is 2.11. The molecule has 0 aliphatic heterocycles. The van der Waals surface area contributed by atoms with Gasteiger partial charge in [0.15, 0.2) is 11.2 Å². The van der Waals surface area contributed by atoms with Gasteiger partial charge in [-0.1, -0.05) is 13.3 Å². The Morgan fingerprint density at radius 3 is 2.68 bits per heavy atom. The van der Waals surface area contributed by atoms with E-state index in [0.29, 0.717) is 6.54 Å². The Balaban J connectivity index is 1.73. The summed E-state index contributed by atoms with van der Waals surface area (Å²) >= 11 is 0. The number of nitrogens with zero attached hydrogens (tertiary/aromatic N) is 5. The summed E-state index contributed by atoms with van der Waals surface area (Å²) in [6, 6.07) is 0. The predicted octanol–water partition coefficient (Wildman–Crippen LogP) is -1.02. The third-order valence-corrected chi connectivity index (χ3v) is 5.96. The fourth-order valence-corrected chi connectivity index (χ4v) is 3.87. The molecular formula is C17H23N7O6S. The zero-order valence-corrected chi connectivity index (χ0v) is 18.1. The lowest BCUT2D eigenvalue weighted by atomic mass is 10.3. The number of imidazole rings is 1. The number of ether oxygens (including phenoxy) is 1. The van der Waals surface area contributed by atoms with Crippen molar-refractivity contribution in [3.63, 3.8) is 0 Å². The quantitative estimate of drug-likeness (QED) is 0.389. The summed E-state index contributed by atoms with van der Waals surface area (Å²) in [4.78, 5) is 42.9. The normalized spacial score (nSPS) is 11.8. The molecule has 0 unspecified atom stereocenters. The molecule has 0 aliphatic rings. The molecule has 0 saturated carbocycles. The Morgan fingerprint density at radius 2 is 2.03 bits per heavy atom. The first-order valence-electron chi connectivity index (χ1n) is 9.46. The number of rotatable bonds is 9. The Hall–Kier alpha value is -3.26. The molecule has 13 nitrogen and oxygen atoms in total. The van der Waals surface area contributed by atoms with Crippen LogP contribution in [0.2, 0.25) is 0 Å². The molecule has 0 atom stereocenters. The van der Waals surface area contributed by atoms with Gasteiger partial charge in [0, 0.05) is 26.8 Å². The van der Waals surface area contributed by atoms with Crippen LogP contribution in [-0.2, 0) is 46.8 Å². The number of aryl methyl sites for hydroxylation is 3. The van der Waals surface area contributed by atoms with E-state index in [-0.39, 0.29) is 28.5 Å². The highest BCUT2D eigenvalue weighted by Gasteiger charge is 2.20. The minimum Gasteiger partial charge on any atom is -0.457 e. The molecule has 0 radical (unpaired) electrons. The van der Waals surface area contributed by atoms with Crippen molar-refractivity contribution < 1.29 is 17.9 Å². The highest BCUT2D eigenvalue weighted by molar-refractivity contribution is 7.89. The predicted molar refractivity (Wildman–Crippen MR) is 109 cm³/mol. The second-order valence-electron chi connectivity index (χ2n) is 6.86. The second-order valence-corrected chi connectivity index (χ2v) is 8.63. The number of hydrogen-bond donors (Lipinski definition) is 2. The average Bonchev–Trinajstić information content (AvgIpc) is 3.29. The van der Waals surface area contributed by atoms with Crippen LogP contribution in [0, 0.1) is 0 Å². The topological polar surface area (TPSA) is 163 Å². The van der Waals surface area contributed by atoms with Crippen LogP contribution in [0.4, 0.5) is 0 Å². The molecule has 3 heterocycles. The van der Waals surface area contributed by atoms with Crippen LogP contribution >= 0.6 is 0 Å². The maximum atomic E-state index is 12.2. The molecule has 2 N–H and O–H groups in total. The molecule has 0 bridgehead atoms. The summed E-state index contributed by atoms with van der Waals surface area (Å²) in [5.41, 5.74) is -0.769. The molecule has 3 rings (SSSR count). The van der Waals surface area contributed by atoms with Crippen LogP contribution in [0.5, 0.6) is 0 Å². The molecule has 0 aromatic carbocycles. The Kier molecular flexibility index (Phi) is 6.40. The first-order valence-corrected chi connectivity index (χ1v) is 10.9. The van der Waals surface area contributed by atoms with Gasteiger partial charge < -0.3 is 9.30 Å². The number of fused-ring (bicyclic) bond motifs is 1. The van der Waals surface area contributed by atoms with Crippen LogP contribution in [0.15, 0.2) is 26.9 Å². The van der Waals surface area contributed by atoms with Gasteiger partial charge in [-0.05, 0) is 6.42 Å². The number of esters is 1. The number of sulfonamides is 1. The van der Waals surface area contributed by atoms with Crippen molar-refractivity contribution in [3.05, 3.63) is 39.1 Å². The zero-order chi connectivity index (χ0) is 22.8. The highest BCUT2D eigenvalue weighted by atomic mass is 32.2. The largest absolute Gasteiger partial charge is 0.457 e. The van der Waals surface area contributed by atoms with E-state index in [4.69, 9.17) is 4.74 Å². The van der Waals surface area contributed by atoms with Crippen molar-refractivity contribution in [2.45, 2.75) is 37.8 Å². The third-order valence-electron chi connectivity index (χ3n) is 4.60.